The SMILES string of the molecule is Br.Cc1cccc(CSc2ccccc2C2=NCCCN2)c1F. The maximum atomic E-state index is 14.1. The first-order valence-corrected chi connectivity index (χ1v) is 8.49. The predicted molar refractivity (Wildman–Crippen MR) is 101 cm³/mol. The molecule has 23 heavy (non-hydrogen) atoms. The van der Waals surface area contributed by atoms with Crippen molar-refractivity contribution in [3.8, 4) is 0 Å². The van der Waals surface area contributed by atoms with Crippen molar-refractivity contribution in [1.29, 1.82) is 0 Å². The van der Waals surface area contributed by atoms with E-state index in [2.05, 4.69) is 22.4 Å². The first-order valence-electron chi connectivity index (χ1n) is 7.50. The normalized spacial score (nSPS) is 13.7. The van der Waals surface area contributed by atoms with Crippen LogP contribution in [-0.2, 0) is 5.75 Å². The highest BCUT2D eigenvalue weighted by Crippen LogP contribution is 2.28. The topological polar surface area (TPSA) is 24.4 Å². The van der Waals surface area contributed by atoms with Gasteiger partial charge in [0.2, 0.25) is 0 Å². The van der Waals surface area contributed by atoms with Gasteiger partial charge in [0.1, 0.15) is 11.7 Å². The van der Waals surface area contributed by atoms with Crippen LogP contribution in [-0.4, -0.2) is 18.9 Å². The van der Waals surface area contributed by atoms with E-state index in [1.807, 2.05) is 24.3 Å². The molecule has 122 valence electrons. The van der Waals surface area contributed by atoms with Crippen molar-refractivity contribution in [2.75, 3.05) is 13.1 Å². The summed E-state index contributed by atoms with van der Waals surface area (Å²) in [5.41, 5.74) is 2.56. The number of thioether (sulfide) groups is 1. The second-order valence-electron chi connectivity index (χ2n) is 5.34. The molecule has 0 bridgehead atoms. The number of aryl methyl sites for hydroxylation is 1. The average Bonchev–Trinajstić information content (AvgIpc) is 2.57. The molecule has 0 unspecified atom stereocenters. The quantitative estimate of drug-likeness (QED) is 0.756. The summed E-state index contributed by atoms with van der Waals surface area (Å²) in [5.74, 6) is 1.48. The van der Waals surface area contributed by atoms with Gasteiger partial charge in [-0.15, -0.1) is 28.7 Å². The largest absolute Gasteiger partial charge is 0.370 e. The molecule has 2 aromatic carbocycles. The maximum Gasteiger partial charge on any atom is 0.130 e. The minimum atomic E-state index is -0.0967. The van der Waals surface area contributed by atoms with E-state index in [-0.39, 0.29) is 22.8 Å². The first kappa shape index (κ1) is 18.0. The second-order valence-corrected chi connectivity index (χ2v) is 6.36. The fourth-order valence-electron chi connectivity index (χ4n) is 2.48. The van der Waals surface area contributed by atoms with Crippen molar-refractivity contribution in [2.24, 2.45) is 4.99 Å². The summed E-state index contributed by atoms with van der Waals surface area (Å²) < 4.78 is 14.1. The molecule has 0 aromatic heterocycles. The van der Waals surface area contributed by atoms with Gasteiger partial charge in [0.15, 0.2) is 0 Å². The molecule has 3 rings (SSSR count). The Balaban J connectivity index is 0.00000192. The van der Waals surface area contributed by atoms with E-state index in [0.29, 0.717) is 11.3 Å². The van der Waals surface area contributed by atoms with Gasteiger partial charge in [-0.25, -0.2) is 4.39 Å². The van der Waals surface area contributed by atoms with Crippen LogP contribution >= 0.6 is 28.7 Å². The van der Waals surface area contributed by atoms with Crippen molar-refractivity contribution >= 4 is 34.6 Å². The number of aliphatic imine (C=N–C) groups is 1. The van der Waals surface area contributed by atoms with Crippen LogP contribution in [0.5, 0.6) is 0 Å². The lowest BCUT2D eigenvalue weighted by Gasteiger charge is -2.17. The van der Waals surface area contributed by atoms with Crippen molar-refractivity contribution in [3.63, 3.8) is 0 Å². The zero-order valence-corrected chi connectivity index (χ0v) is 15.5. The number of halogens is 2. The Labute approximate surface area is 151 Å². The van der Waals surface area contributed by atoms with Crippen LogP contribution in [0.25, 0.3) is 0 Å². The van der Waals surface area contributed by atoms with Gasteiger partial charge in [-0.05, 0) is 30.5 Å². The van der Waals surface area contributed by atoms with Crippen LogP contribution in [0.4, 0.5) is 4.39 Å². The summed E-state index contributed by atoms with van der Waals surface area (Å²) in [6, 6.07) is 13.8. The Kier molecular flexibility index (Phi) is 6.66. The highest BCUT2D eigenvalue weighted by Gasteiger charge is 2.12. The minimum Gasteiger partial charge on any atom is -0.370 e. The number of nitrogens with one attached hydrogen (secondary N) is 1. The number of hydrogen-bond acceptors (Lipinski definition) is 3. The molecule has 0 radical (unpaired) electrons. The van der Waals surface area contributed by atoms with E-state index < -0.39 is 0 Å². The zero-order chi connectivity index (χ0) is 15.4. The van der Waals surface area contributed by atoms with Gasteiger partial charge in [-0.2, -0.15) is 0 Å². The van der Waals surface area contributed by atoms with Gasteiger partial charge in [0, 0.05) is 29.3 Å². The Morgan fingerprint density at radius 2 is 2.00 bits per heavy atom. The molecular weight excluding hydrogens is 375 g/mol. The summed E-state index contributed by atoms with van der Waals surface area (Å²) in [5, 5.41) is 3.36. The molecule has 0 amide bonds. The lowest BCUT2D eigenvalue weighted by molar-refractivity contribution is 0.608. The Morgan fingerprint density at radius 3 is 2.78 bits per heavy atom. The lowest BCUT2D eigenvalue weighted by Crippen LogP contribution is -2.30. The standard InChI is InChI=1S/C18H19FN2S.BrH/c1-13-6-4-7-14(17(13)19)12-22-16-9-3-2-8-15(16)18-20-10-5-11-21-18;/h2-4,6-9H,5,10-12H2,1H3,(H,20,21);1H. The zero-order valence-electron chi connectivity index (χ0n) is 13.0. The second kappa shape index (κ2) is 8.50. The van der Waals surface area contributed by atoms with Crippen molar-refractivity contribution in [3.05, 3.63) is 65.0 Å². The highest BCUT2D eigenvalue weighted by atomic mass is 79.9. The van der Waals surface area contributed by atoms with Crippen LogP contribution in [0.2, 0.25) is 0 Å². The van der Waals surface area contributed by atoms with Gasteiger partial charge in [0.25, 0.3) is 0 Å². The number of rotatable bonds is 4. The molecule has 0 saturated carbocycles. The van der Waals surface area contributed by atoms with E-state index >= 15 is 0 Å². The maximum absolute atomic E-state index is 14.1. The molecule has 1 heterocycles. The van der Waals surface area contributed by atoms with Gasteiger partial charge in [-0.1, -0.05) is 36.4 Å². The predicted octanol–water partition coefficient (Wildman–Crippen LogP) is 4.74. The average molecular weight is 395 g/mol. The monoisotopic (exact) mass is 394 g/mol. The number of hydrogen-bond donors (Lipinski definition) is 1. The number of nitrogens with zero attached hydrogens (tertiary/aromatic N) is 1. The Bertz CT molecular complexity index is 703. The van der Waals surface area contributed by atoms with Crippen molar-refractivity contribution < 1.29 is 4.39 Å². The molecule has 0 spiro atoms. The Morgan fingerprint density at radius 1 is 1.17 bits per heavy atom. The minimum absolute atomic E-state index is 0. The summed E-state index contributed by atoms with van der Waals surface area (Å²) in [6.45, 7) is 3.64. The van der Waals surface area contributed by atoms with Crippen LogP contribution < -0.4 is 5.32 Å². The van der Waals surface area contributed by atoms with E-state index in [9.17, 15) is 4.39 Å². The van der Waals surface area contributed by atoms with Gasteiger partial charge < -0.3 is 5.32 Å². The van der Waals surface area contributed by atoms with Gasteiger partial charge in [-0.3, -0.25) is 4.99 Å². The Hall–Kier alpha value is -1.33. The van der Waals surface area contributed by atoms with E-state index in [1.165, 1.54) is 0 Å². The fourth-order valence-corrected chi connectivity index (χ4v) is 3.51. The smallest absolute Gasteiger partial charge is 0.130 e. The molecule has 0 fully saturated rings. The molecule has 2 nitrogen and oxygen atoms in total. The summed E-state index contributed by atoms with van der Waals surface area (Å²) in [6.07, 6.45) is 1.08. The molecule has 1 N–H and O–H groups in total. The van der Waals surface area contributed by atoms with Gasteiger partial charge in [0.05, 0.1) is 0 Å². The molecule has 5 heteroatoms. The molecule has 2 aromatic rings. The van der Waals surface area contributed by atoms with Crippen LogP contribution in [0.3, 0.4) is 0 Å². The lowest BCUT2D eigenvalue weighted by atomic mass is 10.1. The highest BCUT2D eigenvalue weighted by molar-refractivity contribution is 8.93. The molecule has 0 aliphatic carbocycles. The first-order chi connectivity index (χ1) is 10.8. The molecule has 1 aliphatic rings. The molecule has 0 saturated heterocycles. The molecular formula is C18H20BrFN2S. The summed E-state index contributed by atoms with van der Waals surface area (Å²) in [7, 11) is 0. The number of amidine groups is 1. The van der Waals surface area contributed by atoms with Crippen molar-refractivity contribution in [2.45, 2.75) is 24.0 Å². The summed E-state index contributed by atoms with van der Waals surface area (Å²) >= 11 is 1.66. The third kappa shape index (κ3) is 4.36. The summed E-state index contributed by atoms with van der Waals surface area (Å²) in [4.78, 5) is 5.70. The van der Waals surface area contributed by atoms with E-state index in [1.54, 1.807) is 24.8 Å². The molecule has 0 atom stereocenters. The fraction of sp³-hybridized carbons (Fsp3) is 0.278. The van der Waals surface area contributed by atoms with E-state index in [4.69, 9.17) is 0 Å². The van der Waals surface area contributed by atoms with Crippen LogP contribution in [0.15, 0.2) is 52.4 Å². The third-order valence-corrected chi connectivity index (χ3v) is 4.82. The number of benzene rings is 2. The van der Waals surface area contributed by atoms with Crippen LogP contribution in [0, 0.1) is 12.7 Å². The van der Waals surface area contributed by atoms with Crippen LogP contribution in [0.1, 0.15) is 23.1 Å². The van der Waals surface area contributed by atoms with E-state index in [0.717, 1.165) is 41.4 Å². The van der Waals surface area contributed by atoms with Crippen molar-refractivity contribution in [1.82, 2.24) is 5.32 Å². The third-order valence-electron chi connectivity index (χ3n) is 3.69. The van der Waals surface area contributed by atoms with Gasteiger partial charge >= 0.3 is 0 Å². The molecule has 1 aliphatic heterocycles.